The van der Waals surface area contributed by atoms with E-state index in [0.717, 1.165) is 13.1 Å². The smallest absolute Gasteiger partial charge is 0.107 e. The van der Waals surface area contributed by atoms with Crippen molar-refractivity contribution in [1.29, 1.82) is 0 Å². The van der Waals surface area contributed by atoms with Gasteiger partial charge < -0.3 is 5.32 Å². The zero-order valence-electron chi connectivity index (χ0n) is 13.5. The van der Waals surface area contributed by atoms with Gasteiger partial charge in [0.05, 0.1) is 6.54 Å². The molecular weight excluding hydrogens is 278 g/mol. The van der Waals surface area contributed by atoms with Crippen LogP contribution < -0.4 is 5.32 Å². The number of aromatic nitrogens is 1. The van der Waals surface area contributed by atoms with Gasteiger partial charge in [-0.1, -0.05) is 33.1 Å². The number of rotatable bonds is 4. The van der Waals surface area contributed by atoms with E-state index >= 15 is 0 Å². The van der Waals surface area contributed by atoms with Crippen molar-refractivity contribution >= 4 is 11.3 Å². The number of nitrogens with one attached hydrogen (secondary N) is 1. The van der Waals surface area contributed by atoms with Gasteiger partial charge in [0.15, 0.2) is 0 Å². The van der Waals surface area contributed by atoms with Gasteiger partial charge in [-0.05, 0) is 25.7 Å². The lowest BCUT2D eigenvalue weighted by atomic mass is 9.76. The van der Waals surface area contributed by atoms with E-state index in [-0.39, 0.29) is 0 Å². The van der Waals surface area contributed by atoms with Gasteiger partial charge in [0.2, 0.25) is 0 Å². The summed E-state index contributed by atoms with van der Waals surface area (Å²) in [4.78, 5) is 7.29. The van der Waals surface area contributed by atoms with E-state index in [9.17, 15) is 0 Å². The fourth-order valence-corrected chi connectivity index (χ4v) is 4.91. The van der Waals surface area contributed by atoms with Gasteiger partial charge in [0.25, 0.3) is 0 Å². The Morgan fingerprint density at radius 1 is 1.24 bits per heavy atom. The van der Waals surface area contributed by atoms with E-state index < -0.39 is 0 Å². The second kappa shape index (κ2) is 6.35. The Labute approximate surface area is 133 Å². The second-order valence-electron chi connectivity index (χ2n) is 6.91. The van der Waals surface area contributed by atoms with Gasteiger partial charge in [-0.3, -0.25) is 4.90 Å². The zero-order chi connectivity index (χ0) is 14.8. The van der Waals surface area contributed by atoms with Crippen molar-refractivity contribution in [1.82, 2.24) is 15.2 Å². The third-order valence-electron chi connectivity index (χ3n) is 5.89. The number of hydrogen-bond acceptors (Lipinski definition) is 4. The SMILES string of the molecule is CCC1(CC)CNC2(CCCCC2)CN1Cc1nccs1. The third-order valence-corrected chi connectivity index (χ3v) is 6.66. The number of nitrogens with zero attached hydrogens (tertiary/aromatic N) is 2. The van der Waals surface area contributed by atoms with Crippen LogP contribution in [0.4, 0.5) is 0 Å². The maximum atomic E-state index is 4.53. The Morgan fingerprint density at radius 2 is 2.00 bits per heavy atom. The van der Waals surface area contributed by atoms with Crippen LogP contribution in [-0.4, -0.2) is 34.1 Å². The summed E-state index contributed by atoms with van der Waals surface area (Å²) in [6.45, 7) is 8.07. The molecule has 21 heavy (non-hydrogen) atoms. The molecule has 2 fully saturated rings. The van der Waals surface area contributed by atoms with Crippen LogP contribution in [0.3, 0.4) is 0 Å². The highest BCUT2D eigenvalue weighted by molar-refractivity contribution is 7.09. The van der Waals surface area contributed by atoms with Crippen LogP contribution in [0.5, 0.6) is 0 Å². The Kier molecular flexibility index (Phi) is 4.67. The molecule has 1 saturated carbocycles. The molecular formula is C17H29N3S. The zero-order valence-corrected chi connectivity index (χ0v) is 14.3. The summed E-state index contributed by atoms with van der Waals surface area (Å²) in [5.41, 5.74) is 0.692. The largest absolute Gasteiger partial charge is 0.308 e. The predicted molar refractivity (Wildman–Crippen MR) is 89.7 cm³/mol. The summed E-state index contributed by atoms with van der Waals surface area (Å²) in [7, 11) is 0. The number of hydrogen-bond donors (Lipinski definition) is 1. The van der Waals surface area contributed by atoms with Crippen LogP contribution in [0.1, 0.15) is 63.8 Å². The summed E-state index contributed by atoms with van der Waals surface area (Å²) < 4.78 is 0. The third kappa shape index (κ3) is 3.03. The minimum atomic E-state index is 0.314. The first kappa shape index (κ1) is 15.4. The monoisotopic (exact) mass is 307 g/mol. The van der Waals surface area contributed by atoms with Crippen LogP contribution >= 0.6 is 11.3 Å². The lowest BCUT2D eigenvalue weighted by Gasteiger charge is -2.55. The highest BCUT2D eigenvalue weighted by atomic mass is 32.1. The van der Waals surface area contributed by atoms with Crippen LogP contribution in [-0.2, 0) is 6.54 Å². The van der Waals surface area contributed by atoms with Crippen LogP contribution in [0, 0.1) is 0 Å². The van der Waals surface area contributed by atoms with Gasteiger partial charge in [0, 0.05) is 35.7 Å². The Balaban J connectivity index is 1.80. The second-order valence-corrected chi connectivity index (χ2v) is 7.89. The van der Waals surface area contributed by atoms with Crippen molar-refractivity contribution in [3.8, 4) is 0 Å². The standard InChI is InChI=1S/C17H29N3S/c1-3-17(4-2)13-19-16(8-6-5-7-9-16)14-20(17)12-15-18-10-11-21-15/h10-11,19H,3-9,12-14H2,1-2H3. The van der Waals surface area contributed by atoms with Crippen molar-refractivity contribution < 1.29 is 0 Å². The lowest BCUT2D eigenvalue weighted by Crippen LogP contribution is -2.69. The summed E-state index contributed by atoms with van der Waals surface area (Å²) in [6.07, 6.45) is 11.3. The Hall–Kier alpha value is -0.450. The van der Waals surface area contributed by atoms with Gasteiger partial charge >= 0.3 is 0 Å². The molecule has 0 atom stereocenters. The highest BCUT2D eigenvalue weighted by Gasteiger charge is 2.46. The minimum Gasteiger partial charge on any atom is -0.308 e. The highest BCUT2D eigenvalue weighted by Crippen LogP contribution is 2.38. The fraction of sp³-hybridized carbons (Fsp3) is 0.824. The molecule has 1 aromatic rings. The van der Waals surface area contributed by atoms with E-state index in [0.29, 0.717) is 11.1 Å². The quantitative estimate of drug-likeness (QED) is 0.917. The van der Waals surface area contributed by atoms with E-state index in [1.54, 1.807) is 11.3 Å². The maximum absolute atomic E-state index is 4.53. The Morgan fingerprint density at radius 3 is 2.62 bits per heavy atom. The van der Waals surface area contributed by atoms with E-state index in [1.165, 1.54) is 56.5 Å². The Bertz CT molecular complexity index is 433. The summed E-state index contributed by atoms with van der Waals surface area (Å²) in [5.74, 6) is 0. The molecule has 1 spiro atoms. The fourth-order valence-electron chi connectivity index (χ4n) is 4.28. The summed E-state index contributed by atoms with van der Waals surface area (Å²) >= 11 is 1.80. The first-order chi connectivity index (χ1) is 10.2. The van der Waals surface area contributed by atoms with Gasteiger partial charge in [-0.15, -0.1) is 11.3 Å². The molecule has 2 heterocycles. The first-order valence-corrected chi connectivity index (χ1v) is 9.48. The van der Waals surface area contributed by atoms with Crippen molar-refractivity contribution in [2.45, 2.75) is 76.4 Å². The molecule has 3 nitrogen and oxygen atoms in total. The maximum Gasteiger partial charge on any atom is 0.107 e. The molecule has 2 aliphatic rings. The van der Waals surface area contributed by atoms with Gasteiger partial charge in [0.1, 0.15) is 5.01 Å². The topological polar surface area (TPSA) is 28.2 Å². The predicted octanol–water partition coefficient (Wildman–Crippen LogP) is 3.81. The van der Waals surface area contributed by atoms with E-state index in [1.807, 2.05) is 6.20 Å². The van der Waals surface area contributed by atoms with E-state index in [4.69, 9.17) is 0 Å². The van der Waals surface area contributed by atoms with Gasteiger partial charge in [-0.25, -0.2) is 4.98 Å². The van der Waals surface area contributed by atoms with E-state index in [2.05, 4.69) is 34.4 Å². The lowest BCUT2D eigenvalue weighted by molar-refractivity contribution is -0.0201. The normalized spacial score (nSPS) is 25.2. The molecule has 0 amide bonds. The molecule has 3 rings (SSSR count). The molecule has 0 unspecified atom stereocenters. The van der Waals surface area contributed by atoms with Crippen LogP contribution in [0.2, 0.25) is 0 Å². The molecule has 1 aromatic heterocycles. The average molecular weight is 308 g/mol. The summed E-state index contributed by atoms with van der Waals surface area (Å²) in [5, 5.41) is 7.36. The molecule has 0 aromatic carbocycles. The summed E-state index contributed by atoms with van der Waals surface area (Å²) in [6, 6.07) is 0. The van der Waals surface area contributed by atoms with Crippen LogP contribution in [0.25, 0.3) is 0 Å². The minimum absolute atomic E-state index is 0.314. The van der Waals surface area contributed by atoms with Crippen molar-refractivity contribution in [3.05, 3.63) is 16.6 Å². The first-order valence-electron chi connectivity index (χ1n) is 8.60. The van der Waals surface area contributed by atoms with Crippen molar-refractivity contribution in [3.63, 3.8) is 0 Å². The number of piperazine rings is 1. The van der Waals surface area contributed by atoms with Crippen molar-refractivity contribution in [2.24, 2.45) is 0 Å². The molecule has 4 heteroatoms. The molecule has 0 bridgehead atoms. The van der Waals surface area contributed by atoms with Crippen LogP contribution in [0.15, 0.2) is 11.6 Å². The molecule has 1 aliphatic heterocycles. The molecule has 1 saturated heterocycles. The number of thiazole rings is 1. The average Bonchev–Trinajstić information content (AvgIpc) is 3.02. The molecule has 118 valence electrons. The van der Waals surface area contributed by atoms with Crippen molar-refractivity contribution in [2.75, 3.05) is 13.1 Å². The molecule has 1 N–H and O–H groups in total. The molecule has 0 radical (unpaired) electrons. The molecule has 1 aliphatic carbocycles. The van der Waals surface area contributed by atoms with Gasteiger partial charge in [-0.2, -0.15) is 0 Å².